The van der Waals surface area contributed by atoms with Crippen molar-refractivity contribution in [1.82, 2.24) is 0 Å². The van der Waals surface area contributed by atoms with Gasteiger partial charge in [-0.3, -0.25) is 4.79 Å². The number of aryl methyl sites for hydroxylation is 1. The predicted molar refractivity (Wildman–Crippen MR) is 66.5 cm³/mol. The lowest BCUT2D eigenvalue weighted by Gasteiger charge is -2.00. The van der Waals surface area contributed by atoms with Crippen molar-refractivity contribution in [2.45, 2.75) is 20.3 Å². The van der Waals surface area contributed by atoms with Gasteiger partial charge in [-0.1, -0.05) is 35.9 Å². The summed E-state index contributed by atoms with van der Waals surface area (Å²) in [5.74, 6) is -0.220. The summed E-state index contributed by atoms with van der Waals surface area (Å²) in [4.78, 5) is 11.1. The zero-order valence-electron chi connectivity index (χ0n) is 9.50. The van der Waals surface area contributed by atoms with E-state index in [1.54, 1.807) is 13.0 Å². The summed E-state index contributed by atoms with van der Waals surface area (Å²) in [5.41, 5.74) is 2.03. The van der Waals surface area contributed by atoms with Crippen LogP contribution in [0.25, 0.3) is 6.08 Å². The molecule has 0 amide bonds. The van der Waals surface area contributed by atoms with E-state index in [0.29, 0.717) is 11.6 Å². The van der Waals surface area contributed by atoms with Crippen LogP contribution in [0.3, 0.4) is 0 Å². The highest BCUT2D eigenvalue weighted by Gasteiger charge is 1.98. The van der Waals surface area contributed by atoms with Gasteiger partial charge < -0.3 is 4.74 Å². The minimum Gasteiger partial charge on any atom is -0.466 e. The number of hydrogen-bond donors (Lipinski definition) is 0. The number of ether oxygens (including phenoxy) is 1. The molecule has 0 radical (unpaired) electrons. The zero-order chi connectivity index (χ0) is 12.0. The topological polar surface area (TPSA) is 26.3 Å². The summed E-state index contributed by atoms with van der Waals surface area (Å²) in [5, 5.41) is 0.695. The highest BCUT2D eigenvalue weighted by atomic mass is 35.5. The number of hydrogen-bond acceptors (Lipinski definition) is 2. The molecule has 1 aromatic carbocycles. The lowest BCUT2D eigenvalue weighted by Crippen LogP contribution is -2.01. The molecule has 0 fully saturated rings. The van der Waals surface area contributed by atoms with Crippen molar-refractivity contribution in [2.75, 3.05) is 6.61 Å². The standard InChI is InChI=1S/C13H15ClO2/c1-3-16-13(15)6-4-5-11-8-7-10(2)9-12(11)14/h4-5,7-9H,3,6H2,1-2H3. The molecule has 0 saturated carbocycles. The quantitative estimate of drug-likeness (QED) is 0.749. The molecule has 0 aromatic heterocycles. The van der Waals surface area contributed by atoms with E-state index in [9.17, 15) is 4.79 Å². The Kier molecular flexibility index (Phi) is 5.06. The molecule has 0 unspecified atom stereocenters. The van der Waals surface area contributed by atoms with Crippen molar-refractivity contribution >= 4 is 23.6 Å². The molecular weight excluding hydrogens is 224 g/mol. The Morgan fingerprint density at radius 3 is 2.88 bits per heavy atom. The maximum absolute atomic E-state index is 11.1. The third kappa shape index (κ3) is 4.07. The van der Waals surface area contributed by atoms with Gasteiger partial charge in [0, 0.05) is 5.02 Å². The first kappa shape index (κ1) is 12.8. The van der Waals surface area contributed by atoms with Crippen LogP contribution in [0.4, 0.5) is 0 Å². The van der Waals surface area contributed by atoms with Crippen LogP contribution in [0, 0.1) is 6.92 Å². The molecule has 0 aliphatic rings. The minimum atomic E-state index is -0.220. The van der Waals surface area contributed by atoms with E-state index in [1.807, 2.05) is 31.2 Å². The fourth-order valence-electron chi connectivity index (χ4n) is 1.27. The van der Waals surface area contributed by atoms with E-state index in [0.717, 1.165) is 11.1 Å². The second kappa shape index (κ2) is 6.33. The molecule has 3 heteroatoms. The molecule has 0 bridgehead atoms. The number of esters is 1. The molecular formula is C13H15ClO2. The molecule has 0 atom stereocenters. The first-order valence-corrected chi connectivity index (χ1v) is 5.59. The smallest absolute Gasteiger partial charge is 0.309 e. The lowest BCUT2D eigenvalue weighted by molar-refractivity contribution is -0.142. The van der Waals surface area contributed by atoms with Crippen LogP contribution in [0.15, 0.2) is 24.3 Å². The fraction of sp³-hybridized carbons (Fsp3) is 0.308. The highest BCUT2D eigenvalue weighted by molar-refractivity contribution is 6.32. The minimum absolute atomic E-state index is 0.220. The summed E-state index contributed by atoms with van der Waals surface area (Å²) < 4.78 is 4.81. The molecule has 1 rings (SSSR count). The molecule has 0 spiro atoms. The monoisotopic (exact) mass is 238 g/mol. The van der Waals surface area contributed by atoms with E-state index in [-0.39, 0.29) is 12.4 Å². The Labute approximate surface area is 101 Å². The predicted octanol–water partition coefficient (Wildman–Crippen LogP) is 3.61. The molecule has 1 aromatic rings. The zero-order valence-corrected chi connectivity index (χ0v) is 10.3. The van der Waals surface area contributed by atoms with Gasteiger partial charge in [0.1, 0.15) is 0 Å². The first-order chi connectivity index (χ1) is 7.63. The molecule has 0 aliphatic carbocycles. The lowest BCUT2D eigenvalue weighted by atomic mass is 10.1. The summed E-state index contributed by atoms with van der Waals surface area (Å²) in [6.45, 7) is 4.19. The largest absolute Gasteiger partial charge is 0.466 e. The second-order valence-electron chi connectivity index (χ2n) is 3.44. The molecule has 2 nitrogen and oxygen atoms in total. The highest BCUT2D eigenvalue weighted by Crippen LogP contribution is 2.18. The Morgan fingerprint density at radius 2 is 2.25 bits per heavy atom. The van der Waals surface area contributed by atoms with Crippen LogP contribution in [0.1, 0.15) is 24.5 Å². The molecule has 0 heterocycles. The number of halogens is 1. The summed E-state index contributed by atoms with van der Waals surface area (Å²) in [6.07, 6.45) is 3.87. The van der Waals surface area contributed by atoms with Crippen LogP contribution in [0.5, 0.6) is 0 Å². The molecule has 16 heavy (non-hydrogen) atoms. The average molecular weight is 239 g/mol. The number of carbonyl (C=O) groups excluding carboxylic acids is 1. The second-order valence-corrected chi connectivity index (χ2v) is 3.84. The number of benzene rings is 1. The van der Waals surface area contributed by atoms with E-state index in [2.05, 4.69) is 0 Å². The van der Waals surface area contributed by atoms with Crippen molar-refractivity contribution in [3.8, 4) is 0 Å². The van der Waals surface area contributed by atoms with Crippen molar-refractivity contribution in [3.63, 3.8) is 0 Å². The first-order valence-electron chi connectivity index (χ1n) is 5.21. The third-order valence-electron chi connectivity index (χ3n) is 2.04. The Morgan fingerprint density at radius 1 is 1.50 bits per heavy atom. The van der Waals surface area contributed by atoms with Crippen molar-refractivity contribution in [3.05, 3.63) is 40.4 Å². The van der Waals surface area contributed by atoms with E-state index >= 15 is 0 Å². The van der Waals surface area contributed by atoms with Gasteiger partial charge in [-0.05, 0) is 31.0 Å². The van der Waals surface area contributed by atoms with Gasteiger partial charge in [-0.15, -0.1) is 0 Å². The van der Waals surface area contributed by atoms with Crippen LogP contribution in [-0.4, -0.2) is 12.6 Å². The third-order valence-corrected chi connectivity index (χ3v) is 2.37. The molecule has 0 N–H and O–H groups in total. The van der Waals surface area contributed by atoms with Gasteiger partial charge in [-0.25, -0.2) is 0 Å². The summed E-state index contributed by atoms with van der Waals surface area (Å²) in [6, 6.07) is 5.81. The van der Waals surface area contributed by atoms with Crippen LogP contribution in [0.2, 0.25) is 5.02 Å². The SMILES string of the molecule is CCOC(=O)CC=Cc1ccc(C)cc1Cl. The number of rotatable bonds is 4. The van der Waals surface area contributed by atoms with Gasteiger partial charge in [0.05, 0.1) is 13.0 Å². The van der Waals surface area contributed by atoms with Crippen LogP contribution < -0.4 is 0 Å². The fourth-order valence-corrected chi connectivity index (χ4v) is 1.57. The van der Waals surface area contributed by atoms with Gasteiger partial charge in [-0.2, -0.15) is 0 Å². The average Bonchev–Trinajstić information content (AvgIpc) is 2.22. The Hall–Kier alpha value is -1.28. The van der Waals surface area contributed by atoms with Crippen molar-refractivity contribution in [2.24, 2.45) is 0 Å². The van der Waals surface area contributed by atoms with E-state index in [4.69, 9.17) is 16.3 Å². The van der Waals surface area contributed by atoms with Gasteiger partial charge >= 0.3 is 5.97 Å². The molecule has 0 saturated heterocycles. The maximum atomic E-state index is 11.1. The molecule has 0 aliphatic heterocycles. The Bertz CT molecular complexity index is 397. The van der Waals surface area contributed by atoms with E-state index in [1.165, 1.54) is 0 Å². The van der Waals surface area contributed by atoms with Crippen molar-refractivity contribution in [1.29, 1.82) is 0 Å². The summed E-state index contributed by atoms with van der Waals surface area (Å²) in [7, 11) is 0. The molecule has 86 valence electrons. The van der Waals surface area contributed by atoms with Gasteiger partial charge in [0.2, 0.25) is 0 Å². The Balaban J connectivity index is 2.59. The number of carbonyl (C=O) groups is 1. The van der Waals surface area contributed by atoms with Crippen LogP contribution >= 0.6 is 11.6 Å². The van der Waals surface area contributed by atoms with Gasteiger partial charge in [0.15, 0.2) is 0 Å². The maximum Gasteiger partial charge on any atom is 0.309 e. The van der Waals surface area contributed by atoms with Gasteiger partial charge in [0.25, 0.3) is 0 Å². The normalized spacial score (nSPS) is 10.7. The summed E-state index contributed by atoms with van der Waals surface area (Å²) >= 11 is 6.04. The van der Waals surface area contributed by atoms with Crippen LogP contribution in [-0.2, 0) is 9.53 Å². The van der Waals surface area contributed by atoms with Crippen molar-refractivity contribution < 1.29 is 9.53 Å². The van der Waals surface area contributed by atoms with E-state index < -0.39 is 0 Å².